The predicted octanol–water partition coefficient (Wildman–Crippen LogP) is 3.75. The van der Waals surface area contributed by atoms with Gasteiger partial charge < -0.3 is 16.1 Å². The highest BCUT2D eigenvalue weighted by molar-refractivity contribution is 6.00. The van der Waals surface area contributed by atoms with Crippen LogP contribution in [0.4, 0.5) is 24.5 Å². The zero-order valence-corrected chi connectivity index (χ0v) is 15.2. The number of nitrogens with two attached hydrogens (primary N) is 1. The number of amidine groups is 1. The molecule has 3 aliphatic rings. The molecule has 142 valence electrons. The molecule has 1 atom stereocenters. The summed E-state index contributed by atoms with van der Waals surface area (Å²) in [5, 5.41) is 6.06. The molecule has 5 N–H and O–H groups in total. The maximum atomic E-state index is 15.4. The van der Waals surface area contributed by atoms with Crippen molar-refractivity contribution in [2.45, 2.75) is 32.7 Å². The maximum absolute atomic E-state index is 15.4. The number of hydrazine groups is 1. The fraction of sp³-hybridized carbons (Fsp3) is 0.316. The van der Waals surface area contributed by atoms with Gasteiger partial charge in [0.1, 0.15) is 23.2 Å². The van der Waals surface area contributed by atoms with E-state index in [9.17, 15) is 8.78 Å². The van der Waals surface area contributed by atoms with Crippen molar-refractivity contribution < 1.29 is 13.2 Å². The average molecular weight is 375 g/mol. The molecule has 0 saturated carbocycles. The summed E-state index contributed by atoms with van der Waals surface area (Å²) >= 11 is 0. The molecule has 4 rings (SSSR count). The van der Waals surface area contributed by atoms with Gasteiger partial charge in [-0.25, -0.2) is 24.0 Å². The fourth-order valence-corrected chi connectivity index (χ4v) is 3.76. The molecule has 8 heteroatoms. The van der Waals surface area contributed by atoms with E-state index in [-0.39, 0.29) is 34.9 Å². The third-order valence-corrected chi connectivity index (χ3v) is 5.20. The Labute approximate surface area is 154 Å². The van der Waals surface area contributed by atoms with E-state index in [1.54, 1.807) is 20.0 Å². The summed E-state index contributed by atoms with van der Waals surface area (Å²) in [7, 11) is 0. The van der Waals surface area contributed by atoms with Gasteiger partial charge in [-0.15, -0.1) is 0 Å². The van der Waals surface area contributed by atoms with Crippen LogP contribution in [0.15, 0.2) is 40.4 Å². The van der Waals surface area contributed by atoms with Crippen LogP contribution in [0.5, 0.6) is 0 Å². The number of fused-ring (bicyclic) bond motifs is 2. The zero-order chi connectivity index (χ0) is 19.5. The van der Waals surface area contributed by atoms with Crippen molar-refractivity contribution in [3.05, 3.63) is 52.6 Å². The van der Waals surface area contributed by atoms with E-state index in [0.29, 0.717) is 11.5 Å². The van der Waals surface area contributed by atoms with Gasteiger partial charge >= 0.3 is 0 Å². The molecular weight excluding hydrogens is 355 g/mol. The van der Waals surface area contributed by atoms with Crippen LogP contribution in [0.3, 0.4) is 0 Å². The quantitative estimate of drug-likeness (QED) is 0.446. The van der Waals surface area contributed by atoms with Gasteiger partial charge in [-0.3, -0.25) is 0 Å². The van der Waals surface area contributed by atoms with Crippen LogP contribution >= 0.6 is 0 Å². The molecule has 27 heavy (non-hydrogen) atoms. The van der Waals surface area contributed by atoms with Crippen LogP contribution in [0.2, 0.25) is 0 Å². The van der Waals surface area contributed by atoms with Gasteiger partial charge in [0.15, 0.2) is 5.82 Å². The first kappa shape index (κ1) is 17.7. The first-order valence-corrected chi connectivity index (χ1v) is 8.62. The zero-order valence-electron chi connectivity index (χ0n) is 15.2. The Morgan fingerprint density at radius 1 is 1.30 bits per heavy atom. The number of hydrogen-bond donors (Lipinski definition) is 4. The lowest BCUT2D eigenvalue weighted by Crippen LogP contribution is -2.51. The fourth-order valence-electron chi connectivity index (χ4n) is 3.76. The number of aliphatic imine (C=N–C) groups is 1. The lowest BCUT2D eigenvalue weighted by atomic mass is 9.85. The largest absolute Gasteiger partial charge is 0.371 e. The van der Waals surface area contributed by atoms with Gasteiger partial charge in [-0.2, -0.15) is 0 Å². The van der Waals surface area contributed by atoms with Gasteiger partial charge in [0.25, 0.3) is 0 Å². The summed E-state index contributed by atoms with van der Waals surface area (Å²) in [5.41, 5.74) is 3.25. The lowest BCUT2D eigenvalue weighted by Gasteiger charge is -2.33. The molecule has 0 amide bonds. The van der Waals surface area contributed by atoms with E-state index >= 15 is 4.39 Å². The van der Waals surface area contributed by atoms with Gasteiger partial charge in [-0.05, 0) is 32.4 Å². The Hall–Kier alpha value is -2.74. The van der Waals surface area contributed by atoms with Crippen molar-refractivity contribution >= 4 is 22.8 Å². The molecular formula is C19H20F3N5. The SMILES string of the molecule is CC1=CNC2=C(c3c(F)cc4c(c3F)N=C(NN)C(C)(C)N4)C=C(F)CC12. The molecule has 0 spiro atoms. The highest BCUT2D eigenvalue weighted by Gasteiger charge is 2.36. The Bertz CT molecular complexity index is 972. The van der Waals surface area contributed by atoms with Gasteiger partial charge in [0, 0.05) is 35.9 Å². The molecule has 2 aliphatic heterocycles. The monoisotopic (exact) mass is 375 g/mol. The number of halogens is 3. The first-order chi connectivity index (χ1) is 12.7. The van der Waals surface area contributed by atoms with Gasteiger partial charge in [0.05, 0.1) is 16.8 Å². The number of nitrogens with zero attached hydrogens (tertiary/aromatic N) is 1. The third kappa shape index (κ3) is 2.63. The summed E-state index contributed by atoms with van der Waals surface area (Å²) in [6, 6.07) is 1.18. The normalized spacial score (nSPS) is 22.8. The minimum absolute atomic E-state index is 0.0645. The van der Waals surface area contributed by atoms with Crippen LogP contribution in [-0.4, -0.2) is 11.4 Å². The molecule has 1 aromatic carbocycles. The highest BCUT2D eigenvalue weighted by Crippen LogP contribution is 2.45. The van der Waals surface area contributed by atoms with Crippen molar-refractivity contribution in [1.82, 2.24) is 10.7 Å². The highest BCUT2D eigenvalue weighted by atomic mass is 19.1. The number of benzene rings is 1. The maximum Gasteiger partial charge on any atom is 0.161 e. The number of rotatable bonds is 1. The molecule has 5 nitrogen and oxygen atoms in total. The summed E-state index contributed by atoms with van der Waals surface area (Å²) in [6.07, 6.45) is 3.10. The first-order valence-electron chi connectivity index (χ1n) is 8.62. The number of nitrogens with one attached hydrogen (secondary N) is 3. The van der Waals surface area contributed by atoms with Crippen LogP contribution in [0.25, 0.3) is 5.57 Å². The Morgan fingerprint density at radius 3 is 2.74 bits per heavy atom. The van der Waals surface area contributed by atoms with Crippen molar-refractivity contribution in [3.8, 4) is 0 Å². The van der Waals surface area contributed by atoms with Crippen LogP contribution in [0, 0.1) is 17.6 Å². The van der Waals surface area contributed by atoms with E-state index in [0.717, 1.165) is 5.57 Å². The number of hydrogen-bond acceptors (Lipinski definition) is 5. The second-order valence-electron chi connectivity index (χ2n) is 7.51. The molecule has 1 aromatic rings. The van der Waals surface area contributed by atoms with E-state index in [1.807, 2.05) is 6.92 Å². The Balaban J connectivity index is 1.93. The molecule has 1 aliphatic carbocycles. The predicted molar refractivity (Wildman–Crippen MR) is 99.6 cm³/mol. The molecule has 0 radical (unpaired) electrons. The summed E-state index contributed by atoms with van der Waals surface area (Å²) in [4.78, 5) is 4.24. The summed E-state index contributed by atoms with van der Waals surface area (Å²) < 4.78 is 44.5. The van der Waals surface area contributed by atoms with Crippen molar-refractivity contribution in [3.63, 3.8) is 0 Å². The second kappa shape index (κ2) is 5.88. The topological polar surface area (TPSA) is 74.5 Å². The Kier molecular flexibility index (Phi) is 3.85. The molecule has 0 fully saturated rings. The Morgan fingerprint density at radius 2 is 2.04 bits per heavy atom. The molecule has 0 bridgehead atoms. The second-order valence-corrected chi connectivity index (χ2v) is 7.51. The van der Waals surface area contributed by atoms with Crippen molar-refractivity contribution in [1.29, 1.82) is 0 Å². The lowest BCUT2D eigenvalue weighted by molar-refractivity contribution is 0.533. The molecule has 0 saturated heterocycles. The number of allylic oxidation sites excluding steroid dienone is 4. The van der Waals surface area contributed by atoms with Crippen LogP contribution < -0.4 is 21.9 Å². The smallest absolute Gasteiger partial charge is 0.161 e. The standard InChI is InChI=1S/C19H20F3N5/c1-8-7-24-16-10(8)4-9(20)5-11(16)14-12(21)6-13-17(15(14)22)25-18(27-23)19(2,3)26-13/h5-7,10,24,26H,4,23H2,1-3H3,(H,25,27). The van der Waals surface area contributed by atoms with E-state index in [2.05, 4.69) is 21.1 Å². The molecule has 1 unspecified atom stereocenters. The summed E-state index contributed by atoms with van der Waals surface area (Å²) in [5.74, 6) is 3.49. The molecule has 2 heterocycles. The van der Waals surface area contributed by atoms with Crippen LogP contribution in [0.1, 0.15) is 32.8 Å². The minimum Gasteiger partial charge on any atom is -0.371 e. The van der Waals surface area contributed by atoms with Crippen LogP contribution in [-0.2, 0) is 0 Å². The van der Waals surface area contributed by atoms with E-state index in [4.69, 9.17) is 5.84 Å². The van der Waals surface area contributed by atoms with Crippen molar-refractivity contribution in [2.75, 3.05) is 5.32 Å². The van der Waals surface area contributed by atoms with Gasteiger partial charge in [-0.1, -0.05) is 0 Å². The number of anilines is 1. The average Bonchev–Trinajstić information content (AvgIpc) is 2.94. The van der Waals surface area contributed by atoms with E-state index < -0.39 is 23.0 Å². The van der Waals surface area contributed by atoms with Crippen molar-refractivity contribution in [2.24, 2.45) is 16.8 Å². The molecule has 0 aromatic heterocycles. The van der Waals surface area contributed by atoms with Gasteiger partial charge in [0.2, 0.25) is 0 Å². The minimum atomic E-state index is -0.862. The third-order valence-electron chi connectivity index (χ3n) is 5.20. The van der Waals surface area contributed by atoms with E-state index in [1.165, 1.54) is 12.1 Å². The summed E-state index contributed by atoms with van der Waals surface area (Å²) in [6.45, 7) is 5.42.